The summed E-state index contributed by atoms with van der Waals surface area (Å²) in [6.07, 6.45) is 0. The molecule has 1 aliphatic heterocycles. The van der Waals surface area contributed by atoms with Gasteiger partial charge in [-0.3, -0.25) is 5.43 Å². The zero-order valence-electron chi connectivity index (χ0n) is 14.6. The Morgan fingerprint density at radius 1 is 0.769 bits per heavy atom. The maximum absolute atomic E-state index is 13.2. The number of aryl methyl sites for hydroxylation is 2. The number of rotatable bonds is 2. The summed E-state index contributed by atoms with van der Waals surface area (Å²) >= 11 is 0. The number of aliphatic imine (C=N–C) groups is 1. The number of benzene rings is 3. The molecule has 0 radical (unpaired) electrons. The van der Waals surface area contributed by atoms with E-state index in [9.17, 15) is 4.39 Å². The van der Waals surface area contributed by atoms with Crippen LogP contribution in [0.4, 0.5) is 10.1 Å². The number of nitrogens with one attached hydrogen (secondary N) is 1. The molecule has 4 heteroatoms. The van der Waals surface area contributed by atoms with E-state index in [1.165, 1.54) is 17.7 Å². The van der Waals surface area contributed by atoms with Crippen molar-refractivity contribution in [1.82, 2.24) is 5.43 Å². The average Bonchev–Trinajstić information content (AvgIpc) is 2.83. The van der Waals surface area contributed by atoms with Crippen LogP contribution in [0.15, 0.2) is 76.8 Å². The topological polar surface area (TPSA) is 36.8 Å². The highest BCUT2D eigenvalue weighted by Crippen LogP contribution is 2.27. The van der Waals surface area contributed by atoms with E-state index in [-0.39, 0.29) is 5.82 Å². The summed E-state index contributed by atoms with van der Waals surface area (Å²) in [5.74, 6) is 0.319. The number of hydrogen-bond donors (Lipinski definition) is 1. The van der Waals surface area contributed by atoms with Crippen molar-refractivity contribution in [3.05, 3.63) is 100 Å². The van der Waals surface area contributed by atoms with Crippen LogP contribution in [0.5, 0.6) is 0 Å². The van der Waals surface area contributed by atoms with Crippen molar-refractivity contribution in [3.63, 3.8) is 0 Å². The molecule has 1 N–H and O–H groups in total. The van der Waals surface area contributed by atoms with E-state index >= 15 is 0 Å². The minimum absolute atomic E-state index is 0.275. The van der Waals surface area contributed by atoms with Crippen LogP contribution < -0.4 is 5.43 Å². The minimum Gasteiger partial charge on any atom is -0.260 e. The van der Waals surface area contributed by atoms with E-state index in [1.54, 1.807) is 12.1 Å². The van der Waals surface area contributed by atoms with Crippen LogP contribution in [-0.4, -0.2) is 11.5 Å². The summed E-state index contributed by atoms with van der Waals surface area (Å²) in [5, 5.41) is 4.63. The van der Waals surface area contributed by atoms with Crippen LogP contribution in [0.25, 0.3) is 0 Å². The first-order valence-corrected chi connectivity index (χ1v) is 8.46. The van der Waals surface area contributed by atoms with Gasteiger partial charge in [-0.15, -0.1) is 0 Å². The molecule has 0 spiro atoms. The number of halogens is 1. The number of fused-ring (bicyclic) bond motifs is 1. The second-order valence-electron chi connectivity index (χ2n) is 6.43. The molecule has 0 aromatic heterocycles. The summed E-state index contributed by atoms with van der Waals surface area (Å²) in [5.41, 5.74) is 9.85. The Hall–Kier alpha value is -3.27. The van der Waals surface area contributed by atoms with Crippen molar-refractivity contribution < 1.29 is 4.39 Å². The Balaban J connectivity index is 1.85. The molecule has 0 aliphatic carbocycles. The van der Waals surface area contributed by atoms with Gasteiger partial charge in [0.05, 0.1) is 11.4 Å². The highest BCUT2D eigenvalue weighted by molar-refractivity contribution is 6.18. The van der Waals surface area contributed by atoms with Gasteiger partial charge >= 0.3 is 0 Å². The van der Waals surface area contributed by atoms with Gasteiger partial charge in [-0.25, -0.2) is 9.38 Å². The molecule has 0 amide bonds. The van der Waals surface area contributed by atoms with Crippen molar-refractivity contribution in [1.29, 1.82) is 0 Å². The Morgan fingerprint density at radius 3 is 2.15 bits per heavy atom. The van der Waals surface area contributed by atoms with Gasteiger partial charge in [0.25, 0.3) is 0 Å². The Kier molecular flexibility index (Phi) is 4.09. The maximum Gasteiger partial charge on any atom is 0.154 e. The molecule has 3 nitrogen and oxygen atoms in total. The zero-order valence-corrected chi connectivity index (χ0v) is 14.6. The Morgan fingerprint density at radius 2 is 1.42 bits per heavy atom. The SMILES string of the molecule is Cc1ccc(C2=NNC(c3ccc(F)cc3)=Nc3ccc(C)cc32)cc1. The van der Waals surface area contributed by atoms with Crippen molar-refractivity contribution in [2.75, 3.05) is 0 Å². The third kappa shape index (κ3) is 3.14. The lowest BCUT2D eigenvalue weighted by Gasteiger charge is -2.09. The van der Waals surface area contributed by atoms with Crippen LogP contribution in [0.3, 0.4) is 0 Å². The van der Waals surface area contributed by atoms with Gasteiger partial charge in [0.2, 0.25) is 0 Å². The van der Waals surface area contributed by atoms with Crippen LogP contribution in [-0.2, 0) is 0 Å². The fourth-order valence-electron chi connectivity index (χ4n) is 2.92. The fourth-order valence-corrected chi connectivity index (χ4v) is 2.92. The van der Waals surface area contributed by atoms with E-state index in [0.29, 0.717) is 5.84 Å². The van der Waals surface area contributed by atoms with E-state index in [4.69, 9.17) is 4.99 Å². The lowest BCUT2D eigenvalue weighted by molar-refractivity contribution is 0.627. The van der Waals surface area contributed by atoms with Gasteiger partial charge in [0, 0.05) is 16.7 Å². The molecule has 3 aromatic rings. The number of nitrogens with zero attached hydrogens (tertiary/aromatic N) is 2. The summed E-state index contributed by atoms with van der Waals surface area (Å²) in [6, 6.07) is 20.6. The maximum atomic E-state index is 13.2. The number of hydrazone groups is 1. The molecule has 0 atom stereocenters. The van der Waals surface area contributed by atoms with E-state index in [1.807, 2.05) is 12.1 Å². The second-order valence-corrected chi connectivity index (χ2v) is 6.43. The van der Waals surface area contributed by atoms with Gasteiger partial charge in [-0.1, -0.05) is 41.5 Å². The fraction of sp³-hybridized carbons (Fsp3) is 0.0909. The summed E-state index contributed by atoms with van der Waals surface area (Å²) in [4.78, 5) is 4.74. The van der Waals surface area contributed by atoms with Crippen molar-refractivity contribution in [3.8, 4) is 0 Å². The molecule has 3 aromatic carbocycles. The Labute approximate surface area is 151 Å². The first kappa shape index (κ1) is 16.2. The minimum atomic E-state index is -0.275. The molecule has 1 aliphatic rings. The van der Waals surface area contributed by atoms with Crippen LogP contribution in [0.1, 0.15) is 27.8 Å². The van der Waals surface area contributed by atoms with Crippen LogP contribution in [0.2, 0.25) is 0 Å². The smallest absolute Gasteiger partial charge is 0.154 e. The second kappa shape index (κ2) is 6.56. The molecular weight excluding hydrogens is 325 g/mol. The quantitative estimate of drug-likeness (QED) is 0.708. The Bertz CT molecular complexity index is 1020. The molecular formula is C22H18FN3. The highest BCUT2D eigenvalue weighted by atomic mass is 19.1. The first-order chi connectivity index (χ1) is 12.6. The predicted molar refractivity (Wildman–Crippen MR) is 104 cm³/mol. The standard InChI is InChI=1S/C22H18FN3/c1-14-3-6-16(7-4-14)21-19-13-15(2)5-12-20(19)24-22(26-25-21)17-8-10-18(23)11-9-17/h3-13H,1-2H3,(H,24,26). The van der Waals surface area contributed by atoms with Crippen LogP contribution in [0, 0.1) is 19.7 Å². The van der Waals surface area contributed by atoms with Gasteiger partial charge in [0.15, 0.2) is 5.84 Å². The van der Waals surface area contributed by atoms with Gasteiger partial charge in [0.1, 0.15) is 5.82 Å². The largest absolute Gasteiger partial charge is 0.260 e. The molecule has 0 bridgehead atoms. The molecule has 4 rings (SSSR count). The molecule has 0 fully saturated rings. The monoisotopic (exact) mass is 343 g/mol. The molecule has 1 heterocycles. The normalized spacial score (nSPS) is 13.2. The summed E-state index contributed by atoms with van der Waals surface area (Å²) < 4.78 is 13.2. The van der Waals surface area contributed by atoms with Gasteiger partial charge in [-0.2, -0.15) is 5.10 Å². The lowest BCUT2D eigenvalue weighted by atomic mass is 9.98. The first-order valence-electron chi connectivity index (χ1n) is 8.46. The van der Waals surface area contributed by atoms with E-state index < -0.39 is 0 Å². The predicted octanol–water partition coefficient (Wildman–Crippen LogP) is 4.88. The van der Waals surface area contributed by atoms with Gasteiger partial charge in [-0.05, 0) is 50.2 Å². The summed E-state index contributed by atoms with van der Waals surface area (Å²) in [6.45, 7) is 4.11. The average molecular weight is 343 g/mol. The molecule has 26 heavy (non-hydrogen) atoms. The van der Waals surface area contributed by atoms with Crippen molar-refractivity contribution in [2.24, 2.45) is 10.1 Å². The molecule has 0 saturated carbocycles. The van der Waals surface area contributed by atoms with Crippen molar-refractivity contribution in [2.45, 2.75) is 13.8 Å². The van der Waals surface area contributed by atoms with Gasteiger partial charge < -0.3 is 0 Å². The number of amidine groups is 1. The molecule has 0 unspecified atom stereocenters. The van der Waals surface area contributed by atoms with Crippen LogP contribution >= 0.6 is 0 Å². The lowest BCUT2D eigenvalue weighted by Crippen LogP contribution is -2.19. The van der Waals surface area contributed by atoms with Crippen molar-refractivity contribution >= 4 is 17.2 Å². The third-order valence-electron chi connectivity index (χ3n) is 4.36. The highest BCUT2D eigenvalue weighted by Gasteiger charge is 2.17. The molecule has 128 valence electrons. The van der Waals surface area contributed by atoms with E-state index in [2.05, 4.69) is 54.7 Å². The number of hydrogen-bond acceptors (Lipinski definition) is 3. The third-order valence-corrected chi connectivity index (χ3v) is 4.36. The zero-order chi connectivity index (χ0) is 18.1. The molecule has 0 saturated heterocycles. The van der Waals surface area contributed by atoms with E-state index in [0.717, 1.165) is 33.7 Å². The summed E-state index contributed by atoms with van der Waals surface area (Å²) in [7, 11) is 0.